The lowest BCUT2D eigenvalue weighted by Gasteiger charge is -2.13. The molecule has 0 aliphatic rings. The van der Waals surface area contributed by atoms with Gasteiger partial charge in [0.25, 0.3) is 5.91 Å². The van der Waals surface area contributed by atoms with E-state index in [2.05, 4.69) is 5.32 Å². The maximum absolute atomic E-state index is 12.4. The predicted molar refractivity (Wildman–Crippen MR) is 91.2 cm³/mol. The van der Waals surface area contributed by atoms with Gasteiger partial charge in [-0.2, -0.15) is 0 Å². The monoisotopic (exact) mass is 332 g/mol. The van der Waals surface area contributed by atoms with Crippen LogP contribution in [0, 0.1) is 13.8 Å². The van der Waals surface area contributed by atoms with E-state index in [0.29, 0.717) is 5.56 Å². The lowest BCUT2D eigenvalue weighted by atomic mass is 10.1. The first kappa shape index (κ1) is 17.2. The van der Waals surface area contributed by atoms with Gasteiger partial charge in [0.2, 0.25) is 10.0 Å². The molecule has 2 rings (SSSR count). The number of benzene rings is 2. The molecule has 0 aliphatic carbocycles. The number of nitrogens with one attached hydrogen (secondary N) is 1. The van der Waals surface area contributed by atoms with E-state index in [1.807, 2.05) is 32.0 Å². The molecule has 1 N–H and O–H groups in total. The van der Waals surface area contributed by atoms with Crippen LogP contribution in [-0.4, -0.2) is 32.7 Å². The van der Waals surface area contributed by atoms with Crippen LogP contribution in [-0.2, 0) is 10.0 Å². The minimum absolute atomic E-state index is 0.0936. The number of aryl methyl sites for hydroxylation is 1. The molecule has 23 heavy (non-hydrogen) atoms. The quantitative estimate of drug-likeness (QED) is 0.936. The minimum Gasteiger partial charge on any atom is -0.322 e. The third-order valence-corrected chi connectivity index (χ3v) is 5.54. The molecule has 0 fully saturated rings. The summed E-state index contributed by atoms with van der Waals surface area (Å²) in [5, 5.41) is 2.83. The molecule has 1 amide bonds. The second-order valence-electron chi connectivity index (χ2n) is 5.52. The van der Waals surface area contributed by atoms with Crippen LogP contribution in [0.15, 0.2) is 47.4 Å². The Balaban J connectivity index is 2.33. The average molecular weight is 332 g/mol. The van der Waals surface area contributed by atoms with Crippen molar-refractivity contribution >= 4 is 21.6 Å². The lowest BCUT2D eigenvalue weighted by molar-refractivity contribution is 0.102. The van der Waals surface area contributed by atoms with E-state index in [0.717, 1.165) is 21.1 Å². The van der Waals surface area contributed by atoms with Gasteiger partial charge in [0.15, 0.2) is 0 Å². The van der Waals surface area contributed by atoms with E-state index < -0.39 is 10.0 Å². The van der Waals surface area contributed by atoms with E-state index >= 15 is 0 Å². The first-order valence-electron chi connectivity index (χ1n) is 7.13. The molecule has 0 unspecified atom stereocenters. The Hall–Kier alpha value is -2.18. The van der Waals surface area contributed by atoms with Gasteiger partial charge in [-0.05, 0) is 49.2 Å². The van der Waals surface area contributed by atoms with Gasteiger partial charge in [0, 0.05) is 25.3 Å². The molecule has 0 saturated carbocycles. The standard InChI is InChI=1S/C17H20N2O3S/c1-12-7-5-10-16(13(12)2)18-17(20)14-8-6-9-15(11-14)23(21,22)19(3)4/h5-11H,1-4H3,(H,18,20). The molecule has 6 heteroatoms. The SMILES string of the molecule is Cc1cccc(NC(=O)c2cccc(S(=O)(=O)N(C)C)c2)c1C. The Kier molecular flexibility index (Phi) is 4.87. The smallest absolute Gasteiger partial charge is 0.255 e. The van der Waals surface area contributed by atoms with E-state index in [9.17, 15) is 13.2 Å². The summed E-state index contributed by atoms with van der Waals surface area (Å²) in [5.74, 6) is -0.338. The fourth-order valence-electron chi connectivity index (χ4n) is 2.09. The van der Waals surface area contributed by atoms with Crippen LogP contribution in [0.3, 0.4) is 0 Å². The third kappa shape index (κ3) is 3.60. The number of nitrogens with zero attached hydrogens (tertiary/aromatic N) is 1. The van der Waals surface area contributed by atoms with Crippen LogP contribution in [0.1, 0.15) is 21.5 Å². The van der Waals surface area contributed by atoms with E-state index in [1.165, 1.54) is 26.2 Å². The molecule has 2 aromatic carbocycles. The van der Waals surface area contributed by atoms with Crippen molar-refractivity contribution in [3.8, 4) is 0 Å². The zero-order valence-corrected chi connectivity index (χ0v) is 14.4. The zero-order chi connectivity index (χ0) is 17.2. The van der Waals surface area contributed by atoms with Gasteiger partial charge >= 0.3 is 0 Å². The predicted octanol–water partition coefficient (Wildman–Crippen LogP) is 2.81. The molecule has 122 valence electrons. The third-order valence-electron chi connectivity index (χ3n) is 3.73. The molecule has 0 radical (unpaired) electrons. The van der Waals surface area contributed by atoms with Gasteiger partial charge in [0.05, 0.1) is 4.90 Å². The number of hydrogen-bond donors (Lipinski definition) is 1. The molecule has 0 spiro atoms. The Bertz CT molecular complexity index is 843. The highest BCUT2D eigenvalue weighted by atomic mass is 32.2. The number of hydrogen-bond acceptors (Lipinski definition) is 3. The lowest BCUT2D eigenvalue weighted by Crippen LogP contribution is -2.22. The van der Waals surface area contributed by atoms with Crippen molar-refractivity contribution in [2.45, 2.75) is 18.7 Å². The summed E-state index contributed by atoms with van der Waals surface area (Å²) < 4.78 is 25.4. The summed E-state index contributed by atoms with van der Waals surface area (Å²) in [6.07, 6.45) is 0. The van der Waals surface area contributed by atoms with Gasteiger partial charge in [-0.1, -0.05) is 18.2 Å². The summed E-state index contributed by atoms with van der Waals surface area (Å²) in [7, 11) is -0.654. The Morgan fingerprint density at radius 2 is 1.70 bits per heavy atom. The van der Waals surface area contributed by atoms with Crippen LogP contribution in [0.5, 0.6) is 0 Å². The molecular weight excluding hydrogens is 312 g/mol. The van der Waals surface area contributed by atoms with Crippen molar-refractivity contribution in [3.05, 3.63) is 59.2 Å². The summed E-state index contributed by atoms with van der Waals surface area (Å²) in [4.78, 5) is 12.5. The molecule has 5 nitrogen and oxygen atoms in total. The Morgan fingerprint density at radius 3 is 2.35 bits per heavy atom. The normalized spacial score (nSPS) is 11.5. The van der Waals surface area contributed by atoms with Crippen molar-refractivity contribution in [3.63, 3.8) is 0 Å². The number of sulfonamides is 1. The highest BCUT2D eigenvalue weighted by Crippen LogP contribution is 2.20. The molecular formula is C17H20N2O3S. The second-order valence-corrected chi connectivity index (χ2v) is 7.67. The van der Waals surface area contributed by atoms with Gasteiger partial charge in [-0.15, -0.1) is 0 Å². The van der Waals surface area contributed by atoms with Crippen molar-refractivity contribution in [2.75, 3.05) is 19.4 Å². The van der Waals surface area contributed by atoms with Crippen molar-refractivity contribution in [1.82, 2.24) is 4.31 Å². The van der Waals surface area contributed by atoms with Crippen molar-refractivity contribution in [2.24, 2.45) is 0 Å². The van der Waals surface area contributed by atoms with E-state index in [-0.39, 0.29) is 10.8 Å². The number of anilines is 1. The number of carbonyl (C=O) groups is 1. The Morgan fingerprint density at radius 1 is 1.04 bits per heavy atom. The summed E-state index contributed by atoms with van der Waals surface area (Å²) >= 11 is 0. The fourth-order valence-corrected chi connectivity index (χ4v) is 3.04. The maximum atomic E-state index is 12.4. The number of carbonyl (C=O) groups excluding carboxylic acids is 1. The number of rotatable bonds is 4. The summed E-state index contributed by atoms with van der Waals surface area (Å²) in [6, 6.07) is 11.7. The molecule has 0 atom stereocenters. The van der Waals surface area contributed by atoms with E-state index in [1.54, 1.807) is 12.1 Å². The second kappa shape index (κ2) is 6.52. The van der Waals surface area contributed by atoms with Crippen LogP contribution < -0.4 is 5.32 Å². The van der Waals surface area contributed by atoms with Crippen LogP contribution in [0.4, 0.5) is 5.69 Å². The maximum Gasteiger partial charge on any atom is 0.255 e. The molecule has 2 aromatic rings. The van der Waals surface area contributed by atoms with Crippen LogP contribution in [0.2, 0.25) is 0 Å². The molecule has 0 aromatic heterocycles. The van der Waals surface area contributed by atoms with Gasteiger partial charge < -0.3 is 5.32 Å². The fraction of sp³-hybridized carbons (Fsp3) is 0.235. The number of amides is 1. The minimum atomic E-state index is -3.57. The molecule has 0 bridgehead atoms. The van der Waals surface area contributed by atoms with E-state index in [4.69, 9.17) is 0 Å². The van der Waals surface area contributed by atoms with Crippen molar-refractivity contribution < 1.29 is 13.2 Å². The van der Waals surface area contributed by atoms with Gasteiger partial charge in [-0.3, -0.25) is 4.79 Å². The molecule has 0 heterocycles. The first-order chi connectivity index (χ1) is 10.7. The van der Waals surface area contributed by atoms with Crippen LogP contribution in [0.25, 0.3) is 0 Å². The summed E-state index contributed by atoms with van der Waals surface area (Å²) in [6.45, 7) is 3.90. The Labute approximate surface area is 137 Å². The van der Waals surface area contributed by atoms with Gasteiger partial charge in [-0.25, -0.2) is 12.7 Å². The summed E-state index contributed by atoms with van der Waals surface area (Å²) in [5.41, 5.74) is 3.08. The first-order valence-corrected chi connectivity index (χ1v) is 8.57. The molecule has 0 aliphatic heterocycles. The highest BCUT2D eigenvalue weighted by molar-refractivity contribution is 7.89. The highest BCUT2D eigenvalue weighted by Gasteiger charge is 2.19. The largest absolute Gasteiger partial charge is 0.322 e. The topological polar surface area (TPSA) is 66.5 Å². The average Bonchev–Trinajstić information content (AvgIpc) is 2.51. The van der Waals surface area contributed by atoms with Crippen molar-refractivity contribution in [1.29, 1.82) is 0 Å². The van der Waals surface area contributed by atoms with Crippen LogP contribution >= 0.6 is 0 Å². The van der Waals surface area contributed by atoms with Gasteiger partial charge in [0.1, 0.15) is 0 Å². The zero-order valence-electron chi connectivity index (χ0n) is 13.6. The molecule has 0 saturated heterocycles.